The first-order valence-corrected chi connectivity index (χ1v) is 12.5. The molecule has 0 aliphatic carbocycles. The molecule has 1 fully saturated rings. The van der Waals surface area contributed by atoms with Crippen LogP contribution >= 0.6 is 34.0 Å². The Hall–Kier alpha value is -2.29. The van der Waals surface area contributed by atoms with Gasteiger partial charge in [0.15, 0.2) is 5.69 Å². The van der Waals surface area contributed by atoms with Crippen LogP contribution in [0.25, 0.3) is 11.6 Å². The van der Waals surface area contributed by atoms with Gasteiger partial charge in [0.05, 0.1) is 17.2 Å². The van der Waals surface area contributed by atoms with Crippen LogP contribution in [0, 0.1) is 0 Å². The van der Waals surface area contributed by atoms with Gasteiger partial charge in [0.25, 0.3) is 5.91 Å². The monoisotopic (exact) mass is 458 g/mol. The van der Waals surface area contributed by atoms with Crippen LogP contribution in [-0.4, -0.2) is 41.5 Å². The van der Waals surface area contributed by atoms with E-state index in [1.807, 2.05) is 46.0 Å². The molecular weight excluding hydrogens is 436 g/mol. The van der Waals surface area contributed by atoms with Crippen molar-refractivity contribution in [1.29, 1.82) is 0 Å². The fourth-order valence-electron chi connectivity index (χ4n) is 3.46. The van der Waals surface area contributed by atoms with E-state index in [-0.39, 0.29) is 17.8 Å². The van der Waals surface area contributed by atoms with Crippen LogP contribution in [0.2, 0.25) is 0 Å². The lowest BCUT2D eigenvalue weighted by atomic mass is 9.96. The molecule has 0 N–H and O–H groups in total. The zero-order valence-corrected chi connectivity index (χ0v) is 19.0. The maximum atomic E-state index is 13.3. The Bertz CT molecular complexity index is 1010. The smallest absolute Gasteiger partial charge is 0.357 e. The number of piperidine rings is 1. The number of esters is 1. The SMILES string of the molecule is CCOC(=O)c1csc(C2CCN(C(=O)/C(=C/c3cccs3)c3cccs3)CC2)n1. The molecule has 0 radical (unpaired) electrons. The van der Waals surface area contributed by atoms with Crippen LogP contribution in [0.15, 0.2) is 40.4 Å². The Morgan fingerprint density at radius 1 is 1.17 bits per heavy atom. The van der Waals surface area contributed by atoms with Gasteiger partial charge in [-0.25, -0.2) is 9.78 Å². The van der Waals surface area contributed by atoms with Gasteiger partial charge < -0.3 is 9.64 Å². The van der Waals surface area contributed by atoms with E-state index in [2.05, 4.69) is 4.98 Å². The second-order valence-electron chi connectivity index (χ2n) is 6.91. The molecule has 5 nitrogen and oxygen atoms in total. The van der Waals surface area contributed by atoms with E-state index >= 15 is 0 Å². The first-order valence-electron chi connectivity index (χ1n) is 9.86. The first-order chi connectivity index (χ1) is 14.7. The van der Waals surface area contributed by atoms with Crippen LogP contribution in [-0.2, 0) is 9.53 Å². The van der Waals surface area contributed by atoms with Crippen molar-refractivity contribution in [2.75, 3.05) is 19.7 Å². The number of thiazole rings is 1. The fraction of sp³-hybridized carbons (Fsp3) is 0.318. The lowest BCUT2D eigenvalue weighted by Gasteiger charge is -2.31. The molecule has 0 bridgehead atoms. The summed E-state index contributed by atoms with van der Waals surface area (Å²) in [4.78, 5) is 33.7. The number of likely N-dealkylation sites (tertiary alicyclic amines) is 1. The predicted molar refractivity (Wildman–Crippen MR) is 123 cm³/mol. The average Bonchev–Trinajstić information content (AvgIpc) is 3.54. The molecule has 4 heterocycles. The van der Waals surface area contributed by atoms with E-state index in [0.717, 1.165) is 33.2 Å². The molecule has 0 aromatic carbocycles. The summed E-state index contributed by atoms with van der Waals surface area (Å²) in [5, 5.41) is 6.74. The second kappa shape index (κ2) is 9.68. The predicted octanol–water partition coefficient (Wildman–Crippen LogP) is 5.39. The van der Waals surface area contributed by atoms with E-state index in [4.69, 9.17) is 4.74 Å². The number of carbonyl (C=O) groups excluding carboxylic acids is 2. The van der Waals surface area contributed by atoms with Gasteiger partial charge in [0, 0.05) is 34.1 Å². The van der Waals surface area contributed by atoms with Crippen LogP contribution < -0.4 is 0 Å². The number of rotatable bonds is 6. The maximum absolute atomic E-state index is 13.3. The maximum Gasteiger partial charge on any atom is 0.357 e. The number of hydrogen-bond donors (Lipinski definition) is 0. The summed E-state index contributed by atoms with van der Waals surface area (Å²) in [5.41, 5.74) is 1.14. The number of carbonyl (C=O) groups is 2. The van der Waals surface area contributed by atoms with E-state index in [9.17, 15) is 9.59 Å². The Kier molecular flexibility index (Phi) is 6.76. The van der Waals surface area contributed by atoms with Gasteiger partial charge in [-0.1, -0.05) is 12.1 Å². The zero-order chi connectivity index (χ0) is 20.9. The van der Waals surface area contributed by atoms with Crippen molar-refractivity contribution >= 4 is 57.5 Å². The molecule has 3 aromatic rings. The standard InChI is InChI=1S/C22H22N2O3S3/c1-2-27-22(26)18-14-30-20(23-18)15-7-9-24(10-8-15)21(25)17(19-6-4-12-29-19)13-16-5-3-11-28-16/h3-6,11-15H,2,7-10H2,1H3/b17-13+. The number of amides is 1. The highest BCUT2D eigenvalue weighted by Gasteiger charge is 2.28. The van der Waals surface area contributed by atoms with Crippen molar-refractivity contribution in [3.63, 3.8) is 0 Å². The average molecular weight is 459 g/mol. The van der Waals surface area contributed by atoms with Gasteiger partial charge in [-0.15, -0.1) is 34.0 Å². The van der Waals surface area contributed by atoms with Gasteiger partial charge in [-0.3, -0.25) is 4.79 Å². The highest BCUT2D eigenvalue weighted by molar-refractivity contribution is 7.12. The van der Waals surface area contributed by atoms with Gasteiger partial charge >= 0.3 is 5.97 Å². The van der Waals surface area contributed by atoms with Crippen molar-refractivity contribution < 1.29 is 14.3 Å². The van der Waals surface area contributed by atoms with Gasteiger partial charge in [0.2, 0.25) is 0 Å². The number of hydrogen-bond acceptors (Lipinski definition) is 7. The molecule has 1 aliphatic rings. The van der Waals surface area contributed by atoms with Crippen molar-refractivity contribution in [3.05, 3.63) is 60.9 Å². The molecule has 0 unspecified atom stereocenters. The summed E-state index contributed by atoms with van der Waals surface area (Å²) < 4.78 is 5.03. The zero-order valence-electron chi connectivity index (χ0n) is 16.6. The molecule has 4 rings (SSSR count). The Morgan fingerprint density at radius 3 is 2.60 bits per heavy atom. The lowest BCUT2D eigenvalue weighted by Crippen LogP contribution is -2.38. The van der Waals surface area contributed by atoms with E-state index in [1.54, 1.807) is 35.0 Å². The summed E-state index contributed by atoms with van der Waals surface area (Å²) in [6.45, 7) is 3.50. The number of nitrogens with zero attached hydrogens (tertiary/aromatic N) is 2. The van der Waals surface area contributed by atoms with Crippen LogP contribution in [0.5, 0.6) is 0 Å². The number of aromatic nitrogens is 1. The van der Waals surface area contributed by atoms with Gasteiger partial charge in [0.1, 0.15) is 0 Å². The molecule has 8 heteroatoms. The topological polar surface area (TPSA) is 59.5 Å². The van der Waals surface area contributed by atoms with Crippen molar-refractivity contribution in [2.24, 2.45) is 0 Å². The minimum absolute atomic E-state index is 0.0793. The van der Waals surface area contributed by atoms with Crippen molar-refractivity contribution in [3.8, 4) is 0 Å². The summed E-state index contributed by atoms with van der Waals surface area (Å²) in [6, 6.07) is 8.01. The number of ether oxygens (including phenoxy) is 1. The Labute approximate surface area is 187 Å². The molecule has 0 saturated carbocycles. The van der Waals surface area contributed by atoms with Gasteiger partial charge in [-0.2, -0.15) is 0 Å². The molecule has 1 amide bonds. The minimum Gasteiger partial charge on any atom is -0.461 e. The normalized spacial score (nSPS) is 15.4. The molecule has 30 heavy (non-hydrogen) atoms. The molecule has 3 aromatic heterocycles. The quantitative estimate of drug-likeness (QED) is 0.367. The van der Waals surface area contributed by atoms with Crippen LogP contribution in [0.3, 0.4) is 0 Å². The largest absolute Gasteiger partial charge is 0.461 e. The first kappa shape index (κ1) is 21.0. The van der Waals surface area contributed by atoms with Crippen molar-refractivity contribution in [1.82, 2.24) is 9.88 Å². The Morgan fingerprint density at radius 2 is 1.93 bits per heavy atom. The molecule has 0 atom stereocenters. The second-order valence-corrected chi connectivity index (χ2v) is 9.73. The molecule has 156 valence electrons. The number of thiophene rings is 2. The summed E-state index contributed by atoms with van der Waals surface area (Å²) in [7, 11) is 0. The third-order valence-corrected chi connectivity index (χ3v) is 7.71. The summed E-state index contributed by atoms with van der Waals surface area (Å²) in [5.74, 6) is -0.0174. The van der Waals surface area contributed by atoms with Crippen LogP contribution in [0.1, 0.15) is 50.9 Å². The highest BCUT2D eigenvalue weighted by atomic mass is 32.1. The fourth-order valence-corrected chi connectivity index (χ4v) is 5.81. The highest BCUT2D eigenvalue weighted by Crippen LogP contribution is 2.33. The van der Waals surface area contributed by atoms with Crippen LogP contribution in [0.4, 0.5) is 0 Å². The van der Waals surface area contributed by atoms with E-state index in [1.165, 1.54) is 11.3 Å². The van der Waals surface area contributed by atoms with Gasteiger partial charge in [-0.05, 0) is 48.7 Å². The molecule has 1 aliphatic heterocycles. The van der Waals surface area contributed by atoms with E-state index in [0.29, 0.717) is 25.4 Å². The summed E-state index contributed by atoms with van der Waals surface area (Å²) in [6.07, 6.45) is 3.69. The molecular formula is C22H22N2O3S3. The molecule has 0 spiro atoms. The Balaban J connectivity index is 1.44. The minimum atomic E-state index is -0.369. The third kappa shape index (κ3) is 4.71. The molecule has 1 saturated heterocycles. The van der Waals surface area contributed by atoms with Crippen molar-refractivity contribution in [2.45, 2.75) is 25.7 Å². The third-order valence-electron chi connectivity index (χ3n) is 4.98. The van der Waals surface area contributed by atoms with E-state index < -0.39 is 0 Å². The lowest BCUT2D eigenvalue weighted by molar-refractivity contribution is -0.125. The summed E-state index contributed by atoms with van der Waals surface area (Å²) >= 11 is 4.72.